The number of hydrogen-bond donors (Lipinski definition) is 0. The number of rotatable bonds is 0. The first-order chi connectivity index (χ1) is 4.72. The quantitative estimate of drug-likeness (QED) is 0.514. The van der Waals surface area contributed by atoms with E-state index in [4.69, 9.17) is 0 Å². The standard InChI is InChI=1S/C6H8N3O/c1-8(2)6(10)9-5-3-4-7-9/h3,5H,1-2H3. The summed E-state index contributed by atoms with van der Waals surface area (Å²) in [6, 6.07) is 1.42. The van der Waals surface area contributed by atoms with Crippen LogP contribution in [0, 0.1) is 6.20 Å². The fraction of sp³-hybridized carbons (Fsp3) is 0.333. The number of nitrogens with zero attached hydrogens (tertiary/aromatic N) is 3. The highest BCUT2D eigenvalue weighted by molar-refractivity contribution is 5.75. The van der Waals surface area contributed by atoms with Crippen molar-refractivity contribution in [2.75, 3.05) is 14.1 Å². The molecular weight excluding hydrogens is 130 g/mol. The zero-order valence-corrected chi connectivity index (χ0v) is 5.90. The third kappa shape index (κ3) is 1.15. The number of carbonyl (C=O) groups is 1. The van der Waals surface area contributed by atoms with Crippen LogP contribution in [-0.2, 0) is 0 Å². The Morgan fingerprint density at radius 1 is 1.70 bits per heavy atom. The lowest BCUT2D eigenvalue weighted by molar-refractivity contribution is 0.216. The highest BCUT2D eigenvalue weighted by Crippen LogP contribution is 1.87. The molecule has 1 radical (unpaired) electrons. The van der Waals surface area contributed by atoms with E-state index in [0.29, 0.717) is 0 Å². The summed E-state index contributed by atoms with van der Waals surface area (Å²) in [5.74, 6) is 0. The Balaban J connectivity index is 2.78. The van der Waals surface area contributed by atoms with Crippen LogP contribution in [0.25, 0.3) is 0 Å². The topological polar surface area (TPSA) is 38.1 Å². The van der Waals surface area contributed by atoms with E-state index in [1.807, 2.05) is 0 Å². The number of carbonyl (C=O) groups excluding carboxylic acids is 1. The summed E-state index contributed by atoms with van der Waals surface area (Å²) < 4.78 is 1.22. The Labute approximate surface area is 59.1 Å². The third-order valence-electron chi connectivity index (χ3n) is 1.03. The first-order valence-corrected chi connectivity index (χ1v) is 2.85. The van der Waals surface area contributed by atoms with Crippen LogP contribution in [0.5, 0.6) is 0 Å². The van der Waals surface area contributed by atoms with Gasteiger partial charge in [0.15, 0.2) is 0 Å². The van der Waals surface area contributed by atoms with Gasteiger partial charge in [-0.2, -0.15) is 9.78 Å². The number of hydrogen-bond acceptors (Lipinski definition) is 2. The van der Waals surface area contributed by atoms with Gasteiger partial charge in [-0.1, -0.05) is 0 Å². The van der Waals surface area contributed by atoms with Gasteiger partial charge < -0.3 is 4.90 Å². The Bertz CT molecular complexity index is 215. The predicted molar refractivity (Wildman–Crippen MR) is 35.5 cm³/mol. The molecule has 1 aromatic rings. The Morgan fingerprint density at radius 2 is 2.40 bits per heavy atom. The van der Waals surface area contributed by atoms with Gasteiger partial charge in [0, 0.05) is 20.3 Å². The molecule has 0 saturated carbocycles. The zero-order valence-electron chi connectivity index (χ0n) is 5.90. The Kier molecular flexibility index (Phi) is 1.71. The van der Waals surface area contributed by atoms with Crippen LogP contribution in [0.3, 0.4) is 0 Å². The molecule has 1 rings (SSSR count). The summed E-state index contributed by atoms with van der Waals surface area (Å²) in [6.45, 7) is 0. The summed E-state index contributed by atoms with van der Waals surface area (Å²) in [7, 11) is 3.34. The first kappa shape index (κ1) is 6.80. The van der Waals surface area contributed by atoms with Crippen LogP contribution in [0.4, 0.5) is 4.79 Å². The second kappa shape index (κ2) is 2.51. The maximum absolute atomic E-state index is 11.0. The van der Waals surface area contributed by atoms with Gasteiger partial charge in [-0.25, -0.2) is 4.79 Å². The minimum Gasteiger partial charge on any atom is -0.329 e. The number of aromatic nitrogens is 2. The molecule has 1 heterocycles. The van der Waals surface area contributed by atoms with Gasteiger partial charge >= 0.3 is 6.03 Å². The Morgan fingerprint density at radius 3 is 2.80 bits per heavy atom. The summed E-state index contributed by atoms with van der Waals surface area (Å²) >= 11 is 0. The molecule has 0 aliphatic carbocycles. The van der Waals surface area contributed by atoms with E-state index in [-0.39, 0.29) is 6.03 Å². The van der Waals surface area contributed by atoms with E-state index in [1.54, 1.807) is 26.4 Å². The van der Waals surface area contributed by atoms with Crippen molar-refractivity contribution in [1.82, 2.24) is 14.7 Å². The fourth-order valence-corrected chi connectivity index (χ4v) is 0.544. The molecule has 4 heteroatoms. The van der Waals surface area contributed by atoms with Crippen molar-refractivity contribution in [3.05, 3.63) is 18.5 Å². The number of amides is 1. The maximum atomic E-state index is 11.0. The monoisotopic (exact) mass is 138 g/mol. The largest absolute Gasteiger partial charge is 0.344 e. The van der Waals surface area contributed by atoms with Crippen molar-refractivity contribution in [3.63, 3.8) is 0 Å². The molecule has 0 saturated heterocycles. The van der Waals surface area contributed by atoms with Crippen LogP contribution in [0.2, 0.25) is 0 Å². The van der Waals surface area contributed by atoms with E-state index < -0.39 is 0 Å². The molecule has 4 nitrogen and oxygen atoms in total. The Hall–Kier alpha value is -1.32. The summed E-state index contributed by atoms with van der Waals surface area (Å²) in [5.41, 5.74) is 0. The average Bonchev–Trinajstić information content (AvgIpc) is 2.36. The molecule has 0 bridgehead atoms. The molecule has 0 spiro atoms. The van der Waals surface area contributed by atoms with E-state index in [1.165, 1.54) is 9.58 Å². The first-order valence-electron chi connectivity index (χ1n) is 2.85. The summed E-state index contributed by atoms with van der Waals surface area (Å²) in [6.07, 6.45) is 4.09. The van der Waals surface area contributed by atoms with E-state index in [0.717, 1.165) is 0 Å². The van der Waals surface area contributed by atoms with E-state index in [9.17, 15) is 4.79 Å². The van der Waals surface area contributed by atoms with Crippen LogP contribution in [0.1, 0.15) is 0 Å². The normalized spacial score (nSPS) is 9.40. The van der Waals surface area contributed by atoms with Crippen molar-refractivity contribution in [1.29, 1.82) is 0 Å². The SMILES string of the molecule is CN(C)C(=O)n1cc[c]n1. The zero-order chi connectivity index (χ0) is 7.56. The molecule has 1 amide bonds. The lowest BCUT2D eigenvalue weighted by Gasteiger charge is -2.07. The van der Waals surface area contributed by atoms with Crippen LogP contribution >= 0.6 is 0 Å². The minimum atomic E-state index is -0.166. The van der Waals surface area contributed by atoms with Crippen molar-refractivity contribution in [3.8, 4) is 0 Å². The molecule has 0 aliphatic heterocycles. The lowest BCUT2D eigenvalue weighted by Crippen LogP contribution is -2.27. The van der Waals surface area contributed by atoms with Crippen molar-refractivity contribution in [2.45, 2.75) is 0 Å². The smallest absolute Gasteiger partial charge is 0.329 e. The maximum Gasteiger partial charge on any atom is 0.344 e. The lowest BCUT2D eigenvalue weighted by atomic mass is 10.7. The third-order valence-corrected chi connectivity index (χ3v) is 1.03. The van der Waals surface area contributed by atoms with Crippen molar-refractivity contribution < 1.29 is 4.79 Å². The second-order valence-electron chi connectivity index (χ2n) is 2.07. The van der Waals surface area contributed by atoms with Gasteiger partial charge in [0.25, 0.3) is 0 Å². The van der Waals surface area contributed by atoms with E-state index in [2.05, 4.69) is 11.3 Å². The van der Waals surface area contributed by atoms with Gasteiger partial charge in [0.1, 0.15) is 6.20 Å². The van der Waals surface area contributed by atoms with Crippen molar-refractivity contribution >= 4 is 6.03 Å². The molecule has 0 aliphatic rings. The fourth-order valence-electron chi connectivity index (χ4n) is 0.544. The van der Waals surface area contributed by atoms with Gasteiger partial charge in [-0.15, -0.1) is 0 Å². The summed E-state index contributed by atoms with van der Waals surface area (Å²) in [5, 5.41) is 3.64. The van der Waals surface area contributed by atoms with Gasteiger partial charge in [0.2, 0.25) is 0 Å². The second-order valence-corrected chi connectivity index (χ2v) is 2.07. The molecule has 0 atom stereocenters. The molecule has 53 valence electrons. The van der Waals surface area contributed by atoms with Crippen LogP contribution in [-0.4, -0.2) is 34.8 Å². The molecule has 0 fully saturated rings. The highest BCUT2D eigenvalue weighted by Gasteiger charge is 2.04. The van der Waals surface area contributed by atoms with Gasteiger partial charge in [-0.3, -0.25) is 0 Å². The van der Waals surface area contributed by atoms with Gasteiger partial charge in [0.05, 0.1) is 0 Å². The minimum absolute atomic E-state index is 0.166. The van der Waals surface area contributed by atoms with Gasteiger partial charge in [-0.05, 0) is 6.07 Å². The van der Waals surface area contributed by atoms with Crippen molar-refractivity contribution in [2.24, 2.45) is 0 Å². The average molecular weight is 138 g/mol. The summed E-state index contributed by atoms with van der Waals surface area (Å²) in [4.78, 5) is 12.5. The molecular formula is C6H8N3O. The van der Waals surface area contributed by atoms with Crippen LogP contribution < -0.4 is 0 Å². The van der Waals surface area contributed by atoms with E-state index >= 15 is 0 Å². The molecule has 0 N–H and O–H groups in total. The molecule has 0 unspecified atom stereocenters. The highest BCUT2D eigenvalue weighted by atomic mass is 16.2. The predicted octanol–water partition coefficient (Wildman–Crippen LogP) is 0.213. The van der Waals surface area contributed by atoms with Crippen LogP contribution in [0.15, 0.2) is 12.3 Å². The molecule has 1 aromatic heterocycles. The molecule has 0 aromatic carbocycles. The molecule has 10 heavy (non-hydrogen) atoms.